The molecule has 0 unspecified atom stereocenters. The molecular formula is C13H18FN3O. The monoisotopic (exact) mass is 251 g/mol. The molecule has 98 valence electrons. The normalized spacial score (nSPS) is 14.6. The number of anilines is 1. The number of nitrogens with one attached hydrogen (secondary N) is 1. The number of para-hydroxylation sites is 1. The highest BCUT2D eigenvalue weighted by atomic mass is 19.1. The maximum atomic E-state index is 13.9. The maximum Gasteiger partial charge on any atom is 0.236 e. The zero-order valence-electron chi connectivity index (χ0n) is 10.4. The third kappa shape index (κ3) is 3.20. The highest BCUT2D eigenvalue weighted by molar-refractivity contribution is 5.79. The lowest BCUT2D eigenvalue weighted by Crippen LogP contribution is -2.32. The molecule has 0 aromatic heterocycles. The summed E-state index contributed by atoms with van der Waals surface area (Å²) in [6, 6.07) is 5.50. The summed E-state index contributed by atoms with van der Waals surface area (Å²) in [6.07, 6.45) is 2.36. The second kappa shape index (κ2) is 5.35. The van der Waals surface area contributed by atoms with Gasteiger partial charge in [-0.2, -0.15) is 0 Å². The standard InChI is InChI=1S/C13H18FN3O/c1-17(8-12(15)18)13-9(3-2-4-11(13)14)7-16-10-5-6-10/h2-4,10,16H,5-8H2,1H3,(H2,15,18). The molecule has 1 aromatic rings. The van der Waals surface area contributed by atoms with E-state index in [-0.39, 0.29) is 12.4 Å². The highest BCUT2D eigenvalue weighted by Gasteiger charge is 2.21. The molecule has 0 spiro atoms. The maximum absolute atomic E-state index is 13.9. The van der Waals surface area contributed by atoms with Gasteiger partial charge in [0.05, 0.1) is 12.2 Å². The lowest BCUT2D eigenvalue weighted by atomic mass is 10.1. The van der Waals surface area contributed by atoms with Crippen LogP contribution in [0.5, 0.6) is 0 Å². The summed E-state index contributed by atoms with van der Waals surface area (Å²) in [5.41, 5.74) is 6.45. The molecule has 4 nitrogen and oxygen atoms in total. The highest BCUT2D eigenvalue weighted by Crippen LogP contribution is 2.25. The molecule has 1 saturated carbocycles. The molecule has 0 radical (unpaired) electrons. The van der Waals surface area contributed by atoms with Crippen molar-refractivity contribution >= 4 is 11.6 Å². The van der Waals surface area contributed by atoms with E-state index in [0.29, 0.717) is 18.3 Å². The molecule has 0 heterocycles. The van der Waals surface area contributed by atoms with Crippen molar-refractivity contribution in [1.82, 2.24) is 5.32 Å². The summed E-state index contributed by atoms with van der Waals surface area (Å²) < 4.78 is 13.9. The first-order chi connectivity index (χ1) is 8.58. The van der Waals surface area contributed by atoms with Gasteiger partial charge in [-0.1, -0.05) is 12.1 Å². The topological polar surface area (TPSA) is 58.4 Å². The Morgan fingerprint density at radius 2 is 2.28 bits per heavy atom. The predicted molar refractivity (Wildman–Crippen MR) is 68.7 cm³/mol. The van der Waals surface area contributed by atoms with E-state index in [1.807, 2.05) is 6.07 Å². The fourth-order valence-electron chi connectivity index (χ4n) is 1.98. The van der Waals surface area contributed by atoms with Gasteiger partial charge in [0, 0.05) is 19.6 Å². The fourth-order valence-corrected chi connectivity index (χ4v) is 1.98. The van der Waals surface area contributed by atoms with Gasteiger partial charge >= 0.3 is 0 Å². The van der Waals surface area contributed by atoms with Crippen LogP contribution in [0.2, 0.25) is 0 Å². The second-order valence-electron chi connectivity index (χ2n) is 4.73. The van der Waals surface area contributed by atoms with E-state index in [1.165, 1.54) is 18.9 Å². The fraction of sp³-hybridized carbons (Fsp3) is 0.462. The molecule has 3 N–H and O–H groups in total. The molecular weight excluding hydrogens is 233 g/mol. The number of amides is 1. The zero-order valence-corrected chi connectivity index (χ0v) is 10.4. The molecule has 18 heavy (non-hydrogen) atoms. The number of carbonyl (C=O) groups excluding carboxylic acids is 1. The largest absolute Gasteiger partial charge is 0.368 e. The van der Waals surface area contributed by atoms with E-state index >= 15 is 0 Å². The number of rotatable bonds is 6. The Bertz CT molecular complexity index is 446. The van der Waals surface area contributed by atoms with Crippen molar-refractivity contribution in [2.24, 2.45) is 5.73 Å². The average Bonchev–Trinajstić information content (AvgIpc) is 3.08. The Balaban J connectivity index is 2.15. The number of primary amides is 1. The van der Waals surface area contributed by atoms with Crippen molar-refractivity contribution in [3.8, 4) is 0 Å². The van der Waals surface area contributed by atoms with E-state index < -0.39 is 5.91 Å². The minimum absolute atomic E-state index is 0.0113. The summed E-state index contributed by atoms with van der Waals surface area (Å²) in [4.78, 5) is 12.5. The van der Waals surface area contributed by atoms with Crippen LogP contribution < -0.4 is 16.0 Å². The van der Waals surface area contributed by atoms with Crippen molar-refractivity contribution in [1.29, 1.82) is 0 Å². The van der Waals surface area contributed by atoms with E-state index in [1.54, 1.807) is 18.0 Å². The predicted octanol–water partition coefficient (Wildman–Crippen LogP) is 0.999. The molecule has 1 amide bonds. The number of nitrogens with zero attached hydrogens (tertiary/aromatic N) is 1. The van der Waals surface area contributed by atoms with Gasteiger partial charge in [0.25, 0.3) is 0 Å². The lowest BCUT2D eigenvalue weighted by molar-refractivity contribution is -0.116. The van der Waals surface area contributed by atoms with Crippen LogP contribution in [0.25, 0.3) is 0 Å². The van der Waals surface area contributed by atoms with Crippen molar-refractivity contribution in [2.75, 3.05) is 18.5 Å². The summed E-state index contributed by atoms with van der Waals surface area (Å²) in [6.45, 7) is 0.623. The number of hydrogen-bond donors (Lipinski definition) is 2. The molecule has 1 aliphatic carbocycles. The Kier molecular flexibility index (Phi) is 3.81. The Hall–Kier alpha value is -1.62. The number of nitrogens with two attached hydrogens (primary N) is 1. The molecule has 0 saturated heterocycles. The molecule has 1 fully saturated rings. The van der Waals surface area contributed by atoms with Gasteiger partial charge in [-0.15, -0.1) is 0 Å². The lowest BCUT2D eigenvalue weighted by Gasteiger charge is -2.21. The minimum Gasteiger partial charge on any atom is -0.368 e. The van der Waals surface area contributed by atoms with Crippen molar-refractivity contribution < 1.29 is 9.18 Å². The van der Waals surface area contributed by atoms with E-state index in [0.717, 1.165) is 5.56 Å². The van der Waals surface area contributed by atoms with Crippen LogP contribution in [0, 0.1) is 5.82 Å². The molecule has 0 atom stereocenters. The van der Waals surface area contributed by atoms with Gasteiger partial charge in [-0.25, -0.2) is 4.39 Å². The number of benzene rings is 1. The Morgan fingerprint density at radius 3 is 2.89 bits per heavy atom. The third-order valence-corrected chi connectivity index (χ3v) is 3.00. The number of halogens is 1. The zero-order chi connectivity index (χ0) is 13.1. The van der Waals surface area contributed by atoms with Crippen LogP contribution in [-0.2, 0) is 11.3 Å². The molecule has 0 bridgehead atoms. The average molecular weight is 251 g/mol. The summed E-state index contributed by atoms with van der Waals surface area (Å²) in [5, 5.41) is 3.34. The number of likely N-dealkylation sites (N-methyl/N-ethyl adjacent to an activating group) is 1. The molecule has 0 aliphatic heterocycles. The Labute approximate surface area is 106 Å². The molecule has 1 aromatic carbocycles. The summed E-state index contributed by atoms with van der Waals surface area (Å²) in [5.74, 6) is -0.796. The van der Waals surface area contributed by atoms with Gasteiger partial charge in [0.15, 0.2) is 0 Å². The minimum atomic E-state index is -0.471. The third-order valence-electron chi connectivity index (χ3n) is 3.00. The van der Waals surface area contributed by atoms with Crippen LogP contribution >= 0.6 is 0 Å². The second-order valence-corrected chi connectivity index (χ2v) is 4.73. The van der Waals surface area contributed by atoms with Crippen LogP contribution in [0.15, 0.2) is 18.2 Å². The first-order valence-corrected chi connectivity index (χ1v) is 6.08. The van der Waals surface area contributed by atoms with Gasteiger partial charge in [0.2, 0.25) is 5.91 Å². The quantitative estimate of drug-likeness (QED) is 0.793. The number of carbonyl (C=O) groups is 1. The number of hydrogen-bond acceptors (Lipinski definition) is 3. The van der Waals surface area contributed by atoms with Crippen LogP contribution in [0.3, 0.4) is 0 Å². The molecule has 1 aliphatic rings. The summed E-state index contributed by atoms with van der Waals surface area (Å²) in [7, 11) is 1.67. The van der Waals surface area contributed by atoms with Crippen LogP contribution in [0.4, 0.5) is 10.1 Å². The van der Waals surface area contributed by atoms with Gasteiger partial charge in [-0.3, -0.25) is 4.79 Å². The Morgan fingerprint density at radius 1 is 1.56 bits per heavy atom. The molecule has 5 heteroatoms. The molecule has 2 rings (SSSR count). The van der Waals surface area contributed by atoms with E-state index in [9.17, 15) is 9.18 Å². The van der Waals surface area contributed by atoms with E-state index in [4.69, 9.17) is 5.73 Å². The SMILES string of the molecule is CN(CC(N)=O)c1c(F)cccc1CNC1CC1. The van der Waals surface area contributed by atoms with Crippen LogP contribution in [-0.4, -0.2) is 25.5 Å². The smallest absolute Gasteiger partial charge is 0.236 e. The van der Waals surface area contributed by atoms with Gasteiger partial charge < -0.3 is 16.0 Å². The van der Waals surface area contributed by atoms with Crippen molar-refractivity contribution in [3.63, 3.8) is 0 Å². The van der Waals surface area contributed by atoms with Crippen molar-refractivity contribution in [3.05, 3.63) is 29.6 Å². The van der Waals surface area contributed by atoms with E-state index in [2.05, 4.69) is 5.32 Å². The first kappa shape index (κ1) is 12.8. The summed E-state index contributed by atoms with van der Waals surface area (Å²) >= 11 is 0. The first-order valence-electron chi connectivity index (χ1n) is 6.08. The van der Waals surface area contributed by atoms with Gasteiger partial charge in [0.1, 0.15) is 5.82 Å². The van der Waals surface area contributed by atoms with Crippen molar-refractivity contribution in [2.45, 2.75) is 25.4 Å². The van der Waals surface area contributed by atoms with Crippen LogP contribution in [0.1, 0.15) is 18.4 Å². The van der Waals surface area contributed by atoms with Gasteiger partial charge in [-0.05, 0) is 24.5 Å².